The summed E-state index contributed by atoms with van der Waals surface area (Å²) in [5.74, 6) is 0.971. The van der Waals surface area contributed by atoms with E-state index in [2.05, 4.69) is 27.4 Å². The van der Waals surface area contributed by atoms with Crippen LogP contribution in [0.25, 0.3) is 5.69 Å². The van der Waals surface area contributed by atoms with E-state index in [0.717, 1.165) is 68.3 Å². The summed E-state index contributed by atoms with van der Waals surface area (Å²) in [6.45, 7) is 10.2. The summed E-state index contributed by atoms with van der Waals surface area (Å²) in [7, 11) is 0. The topological polar surface area (TPSA) is 82.5 Å². The molecule has 2 N–H and O–H groups in total. The molecule has 1 atom stereocenters. The van der Waals surface area contributed by atoms with Crippen molar-refractivity contribution in [3.8, 4) is 5.69 Å². The molecular formula is C27H40N6O2. The third kappa shape index (κ3) is 6.23. The molecule has 2 saturated heterocycles. The van der Waals surface area contributed by atoms with Crippen LogP contribution in [-0.2, 0) is 9.59 Å². The van der Waals surface area contributed by atoms with E-state index in [1.807, 2.05) is 41.9 Å². The molecule has 2 aromatic rings. The number of hydrogen-bond acceptors (Lipinski definition) is 5. The Labute approximate surface area is 209 Å². The van der Waals surface area contributed by atoms with Crippen LogP contribution in [0.15, 0.2) is 30.3 Å². The fourth-order valence-electron chi connectivity index (χ4n) is 5.36. The van der Waals surface area contributed by atoms with Crippen LogP contribution in [0, 0.1) is 12.8 Å². The lowest BCUT2D eigenvalue weighted by Crippen LogP contribution is -2.42. The molecule has 1 aromatic heterocycles. The number of amides is 2. The number of hydrogen-bond donors (Lipinski definition) is 2. The third-order valence-electron chi connectivity index (χ3n) is 7.37. The number of carbonyl (C=O) groups is 2. The zero-order valence-electron chi connectivity index (χ0n) is 21.4. The molecule has 8 nitrogen and oxygen atoms in total. The highest BCUT2D eigenvalue weighted by Gasteiger charge is 2.30. The normalized spacial score (nSPS) is 19.5. The van der Waals surface area contributed by atoms with E-state index < -0.39 is 0 Å². The molecule has 190 valence electrons. The number of rotatable bonds is 8. The highest BCUT2D eigenvalue weighted by molar-refractivity contribution is 5.93. The Kier molecular flexibility index (Phi) is 8.44. The van der Waals surface area contributed by atoms with E-state index >= 15 is 0 Å². The van der Waals surface area contributed by atoms with Crippen molar-refractivity contribution in [3.63, 3.8) is 0 Å². The van der Waals surface area contributed by atoms with Gasteiger partial charge in [-0.3, -0.25) is 9.59 Å². The Bertz CT molecular complexity index is 997. The second-order valence-corrected chi connectivity index (χ2v) is 10.00. The van der Waals surface area contributed by atoms with Crippen LogP contribution in [-0.4, -0.2) is 65.3 Å². The number of likely N-dealkylation sites (tertiary alicyclic amines) is 1. The van der Waals surface area contributed by atoms with E-state index in [1.54, 1.807) is 0 Å². The van der Waals surface area contributed by atoms with Crippen molar-refractivity contribution >= 4 is 23.3 Å². The maximum atomic E-state index is 12.8. The maximum absolute atomic E-state index is 12.8. The molecule has 0 saturated carbocycles. The van der Waals surface area contributed by atoms with E-state index in [-0.39, 0.29) is 17.7 Å². The summed E-state index contributed by atoms with van der Waals surface area (Å²) in [6.07, 6.45) is 6.50. The average molecular weight is 481 g/mol. The van der Waals surface area contributed by atoms with Crippen LogP contribution in [0.3, 0.4) is 0 Å². The predicted octanol–water partition coefficient (Wildman–Crippen LogP) is 3.74. The van der Waals surface area contributed by atoms with Crippen molar-refractivity contribution < 1.29 is 9.59 Å². The first-order valence-electron chi connectivity index (χ1n) is 13.1. The molecule has 2 aliphatic rings. The van der Waals surface area contributed by atoms with Gasteiger partial charge in [0.1, 0.15) is 5.69 Å². The highest BCUT2D eigenvalue weighted by atomic mass is 16.2. The first kappa shape index (κ1) is 25.2. The monoisotopic (exact) mass is 480 g/mol. The zero-order chi connectivity index (χ0) is 24.8. The molecule has 2 fully saturated rings. The van der Waals surface area contributed by atoms with E-state index in [4.69, 9.17) is 5.10 Å². The van der Waals surface area contributed by atoms with Crippen LogP contribution in [0.4, 0.5) is 11.5 Å². The molecule has 3 heterocycles. The fourth-order valence-corrected chi connectivity index (χ4v) is 5.36. The second-order valence-electron chi connectivity index (χ2n) is 10.00. The van der Waals surface area contributed by atoms with Gasteiger partial charge in [-0.15, -0.1) is 0 Å². The van der Waals surface area contributed by atoms with E-state index in [0.29, 0.717) is 6.04 Å². The quantitative estimate of drug-likeness (QED) is 0.563. The molecular weight excluding hydrogens is 440 g/mol. The highest BCUT2D eigenvalue weighted by Crippen LogP contribution is 2.34. The number of carbonyl (C=O) groups excluding carboxylic acids is 2. The van der Waals surface area contributed by atoms with Gasteiger partial charge in [0.05, 0.1) is 11.4 Å². The van der Waals surface area contributed by atoms with Gasteiger partial charge in [0.15, 0.2) is 5.82 Å². The lowest BCUT2D eigenvalue weighted by molar-refractivity contribution is -0.125. The minimum absolute atomic E-state index is 0.0265. The molecule has 0 radical (unpaired) electrons. The molecule has 1 aromatic carbocycles. The SMILES string of the molecule is CC(=O)Nc1c(C)nn(-c2ccccc2)c1N1CCC(C(=O)NCCCN2CCCC[C@@H]2C)CC1. The minimum Gasteiger partial charge on any atom is -0.356 e. The zero-order valence-corrected chi connectivity index (χ0v) is 21.4. The van der Waals surface area contributed by atoms with Crippen molar-refractivity contribution in [1.82, 2.24) is 20.0 Å². The van der Waals surface area contributed by atoms with Gasteiger partial charge in [-0.2, -0.15) is 5.10 Å². The first-order valence-corrected chi connectivity index (χ1v) is 13.1. The Hall–Kier alpha value is -2.87. The van der Waals surface area contributed by atoms with Crippen molar-refractivity contribution in [2.75, 3.05) is 42.9 Å². The summed E-state index contributed by atoms with van der Waals surface area (Å²) in [5.41, 5.74) is 2.48. The third-order valence-corrected chi connectivity index (χ3v) is 7.37. The van der Waals surface area contributed by atoms with Gasteiger partial charge < -0.3 is 20.4 Å². The number of nitrogens with zero attached hydrogens (tertiary/aromatic N) is 4. The van der Waals surface area contributed by atoms with Crippen LogP contribution in [0.5, 0.6) is 0 Å². The fraction of sp³-hybridized carbons (Fsp3) is 0.593. The number of nitrogens with one attached hydrogen (secondary N) is 2. The van der Waals surface area contributed by atoms with Crippen LogP contribution in [0.2, 0.25) is 0 Å². The molecule has 0 bridgehead atoms. The van der Waals surface area contributed by atoms with Crippen molar-refractivity contribution in [2.24, 2.45) is 5.92 Å². The summed E-state index contributed by atoms with van der Waals surface area (Å²) >= 11 is 0. The summed E-state index contributed by atoms with van der Waals surface area (Å²) in [6, 6.07) is 10.6. The van der Waals surface area contributed by atoms with Gasteiger partial charge in [0.2, 0.25) is 11.8 Å². The minimum atomic E-state index is -0.116. The molecule has 2 aliphatic heterocycles. The number of piperidine rings is 2. The lowest BCUT2D eigenvalue weighted by Gasteiger charge is -2.34. The van der Waals surface area contributed by atoms with Crippen LogP contribution < -0.4 is 15.5 Å². The molecule has 0 spiro atoms. The van der Waals surface area contributed by atoms with E-state index in [1.165, 1.54) is 32.7 Å². The molecule has 2 amide bonds. The number of benzene rings is 1. The molecule has 0 unspecified atom stereocenters. The molecule has 8 heteroatoms. The Morgan fingerprint density at radius 1 is 1.06 bits per heavy atom. The summed E-state index contributed by atoms with van der Waals surface area (Å²) in [4.78, 5) is 29.6. The standard InChI is InChI=1S/C27H40N6O2/c1-20-10-7-8-16-31(20)17-9-15-28-26(35)23-13-18-32(19-14-23)27-25(29-22(3)34)21(2)30-33(27)24-11-5-4-6-12-24/h4-6,11-12,20,23H,7-10,13-19H2,1-3H3,(H,28,35)(H,29,34)/t20-/m0/s1. The number of aryl methyl sites for hydroxylation is 1. The maximum Gasteiger partial charge on any atom is 0.223 e. The number of para-hydroxylation sites is 1. The Balaban J connectivity index is 1.35. The largest absolute Gasteiger partial charge is 0.356 e. The van der Waals surface area contributed by atoms with Gasteiger partial charge >= 0.3 is 0 Å². The summed E-state index contributed by atoms with van der Waals surface area (Å²) < 4.78 is 1.91. The molecule has 0 aliphatic carbocycles. The van der Waals surface area contributed by atoms with Crippen molar-refractivity contribution in [3.05, 3.63) is 36.0 Å². The number of aromatic nitrogens is 2. The summed E-state index contributed by atoms with van der Waals surface area (Å²) in [5, 5.41) is 10.9. The van der Waals surface area contributed by atoms with E-state index in [9.17, 15) is 9.59 Å². The lowest BCUT2D eigenvalue weighted by atomic mass is 9.95. The van der Waals surface area contributed by atoms with Gasteiger partial charge in [0, 0.05) is 45.1 Å². The van der Waals surface area contributed by atoms with Crippen LogP contribution >= 0.6 is 0 Å². The molecule has 35 heavy (non-hydrogen) atoms. The Morgan fingerprint density at radius 2 is 1.80 bits per heavy atom. The second kappa shape index (κ2) is 11.7. The van der Waals surface area contributed by atoms with Gasteiger partial charge in [0.25, 0.3) is 0 Å². The van der Waals surface area contributed by atoms with Crippen molar-refractivity contribution in [2.45, 2.75) is 65.3 Å². The van der Waals surface area contributed by atoms with Crippen molar-refractivity contribution in [1.29, 1.82) is 0 Å². The number of anilines is 2. The predicted molar refractivity (Wildman–Crippen MR) is 140 cm³/mol. The van der Waals surface area contributed by atoms with Gasteiger partial charge in [-0.05, 0) is 64.6 Å². The van der Waals surface area contributed by atoms with Crippen LogP contribution in [0.1, 0.15) is 58.1 Å². The Morgan fingerprint density at radius 3 is 2.49 bits per heavy atom. The first-order chi connectivity index (χ1) is 16.9. The molecule has 4 rings (SSSR count). The van der Waals surface area contributed by atoms with Gasteiger partial charge in [-0.25, -0.2) is 4.68 Å². The smallest absolute Gasteiger partial charge is 0.223 e. The average Bonchev–Trinajstić information content (AvgIpc) is 3.18. The van der Waals surface area contributed by atoms with Gasteiger partial charge in [-0.1, -0.05) is 24.6 Å².